The summed E-state index contributed by atoms with van der Waals surface area (Å²) in [6.45, 7) is 10.8. The lowest BCUT2D eigenvalue weighted by Crippen LogP contribution is -2.46. The predicted octanol–water partition coefficient (Wildman–Crippen LogP) is 3.23. The molecule has 2 heteroatoms. The van der Waals surface area contributed by atoms with Crippen LogP contribution in [0.25, 0.3) is 0 Å². The van der Waals surface area contributed by atoms with Crippen molar-refractivity contribution in [1.29, 1.82) is 0 Å². The summed E-state index contributed by atoms with van der Waals surface area (Å²) in [6, 6.07) is 6.55. The van der Waals surface area contributed by atoms with Crippen molar-refractivity contribution in [2.75, 3.05) is 7.11 Å². The normalized spacial score (nSPS) is 15.5. The molecule has 0 fully saturated rings. The van der Waals surface area contributed by atoms with E-state index < -0.39 is 0 Å². The summed E-state index contributed by atoms with van der Waals surface area (Å²) in [7, 11) is 1.75. The summed E-state index contributed by atoms with van der Waals surface area (Å²) in [5, 5.41) is 0. The molecule has 2 atom stereocenters. The van der Waals surface area contributed by atoms with E-state index in [0.717, 1.165) is 6.42 Å². The fourth-order valence-corrected chi connectivity index (χ4v) is 2.55. The monoisotopic (exact) mass is 249 g/mol. The summed E-state index contributed by atoms with van der Waals surface area (Å²) in [5.41, 5.74) is 10.3. The van der Waals surface area contributed by atoms with Gasteiger partial charge in [-0.2, -0.15) is 0 Å². The van der Waals surface area contributed by atoms with Crippen molar-refractivity contribution in [1.82, 2.24) is 0 Å². The number of hydrogen-bond acceptors (Lipinski definition) is 2. The molecular formula is C16H27NO. The van der Waals surface area contributed by atoms with Crippen molar-refractivity contribution in [2.24, 2.45) is 11.1 Å². The largest absolute Gasteiger partial charge is 0.379 e. The summed E-state index contributed by atoms with van der Waals surface area (Å²) in [5.74, 6) is 0. The van der Waals surface area contributed by atoms with Gasteiger partial charge in [-0.05, 0) is 36.8 Å². The van der Waals surface area contributed by atoms with Crippen LogP contribution in [0.2, 0.25) is 0 Å². The third kappa shape index (κ3) is 3.82. The Hall–Kier alpha value is -0.860. The lowest BCUT2D eigenvalue weighted by Gasteiger charge is -2.34. The molecule has 2 unspecified atom stereocenters. The number of rotatable bonds is 4. The minimum Gasteiger partial charge on any atom is -0.379 e. The molecule has 0 aromatic heterocycles. The second kappa shape index (κ2) is 5.85. The maximum absolute atomic E-state index is 6.34. The molecule has 1 rings (SSSR count). The van der Waals surface area contributed by atoms with Crippen LogP contribution in [-0.4, -0.2) is 19.3 Å². The van der Waals surface area contributed by atoms with E-state index in [-0.39, 0.29) is 17.6 Å². The Morgan fingerprint density at radius 1 is 1.22 bits per heavy atom. The van der Waals surface area contributed by atoms with Gasteiger partial charge in [0.15, 0.2) is 0 Å². The van der Waals surface area contributed by atoms with Crippen LogP contribution in [0.5, 0.6) is 0 Å². The van der Waals surface area contributed by atoms with Gasteiger partial charge < -0.3 is 10.5 Å². The Bertz CT molecular complexity index is 393. The quantitative estimate of drug-likeness (QED) is 0.889. The van der Waals surface area contributed by atoms with Gasteiger partial charge in [0.05, 0.1) is 6.10 Å². The Morgan fingerprint density at radius 3 is 2.33 bits per heavy atom. The zero-order valence-corrected chi connectivity index (χ0v) is 12.6. The van der Waals surface area contributed by atoms with Crippen LogP contribution in [0.4, 0.5) is 0 Å². The third-order valence-corrected chi connectivity index (χ3v) is 3.46. The van der Waals surface area contributed by atoms with Gasteiger partial charge in [-0.15, -0.1) is 0 Å². The fraction of sp³-hybridized carbons (Fsp3) is 0.625. The molecule has 0 heterocycles. The van der Waals surface area contributed by atoms with Crippen molar-refractivity contribution in [3.05, 3.63) is 34.9 Å². The third-order valence-electron chi connectivity index (χ3n) is 3.46. The van der Waals surface area contributed by atoms with E-state index in [1.807, 2.05) is 0 Å². The smallest absolute Gasteiger partial charge is 0.0773 e. The van der Waals surface area contributed by atoms with Crippen molar-refractivity contribution in [2.45, 2.75) is 53.2 Å². The molecule has 0 amide bonds. The van der Waals surface area contributed by atoms with Gasteiger partial charge in [-0.25, -0.2) is 0 Å². The van der Waals surface area contributed by atoms with Gasteiger partial charge in [0.25, 0.3) is 0 Å². The molecular weight excluding hydrogens is 222 g/mol. The van der Waals surface area contributed by atoms with E-state index in [0.29, 0.717) is 0 Å². The van der Waals surface area contributed by atoms with Crippen LogP contribution >= 0.6 is 0 Å². The van der Waals surface area contributed by atoms with Crippen molar-refractivity contribution in [3.8, 4) is 0 Å². The first-order chi connectivity index (χ1) is 8.25. The van der Waals surface area contributed by atoms with Crippen LogP contribution < -0.4 is 5.73 Å². The first-order valence-corrected chi connectivity index (χ1v) is 6.60. The number of benzene rings is 1. The van der Waals surface area contributed by atoms with Crippen molar-refractivity contribution >= 4 is 0 Å². The predicted molar refractivity (Wildman–Crippen MR) is 77.8 cm³/mol. The topological polar surface area (TPSA) is 35.2 Å². The highest BCUT2D eigenvalue weighted by molar-refractivity contribution is 5.31. The number of aryl methyl sites for hydroxylation is 2. The fourth-order valence-electron chi connectivity index (χ4n) is 2.55. The second-order valence-corrected chi connectivity index (χ2v) is 6.32. The molecule has 1 aromatic rings. The van der Waals surface area contributed by atoms with Crippen LogP contribution in [0, 0.1) is 19.3 Å². The summed E-state index contributed by atoms with van der Waals surface area (Å²) >= 11 is 0. The highest BCUT2D eigenvalue weighted by Crippen LogP contribution is 2.26. The van der Waals surface area contributed by atoms with Crippen LogP contribution in [0.1, 0.15) is 37.5 Å². The Balaban J connectivity index is 2.86. The average Bonchev–Trinajstić information content (AvgIpc) is 2.22. The number of hydrogen-bond donors (Lipinski definition) is 1. The number of nitrogens with two attached hydrogens (primary N) is 1. The highest BCUT2D eigenvalue weighted by atomic mass is 16.5. The molecule has 0 radical (unpaired) electrons. The Morgan fingerprint density at radius 2 is 1.83 bits per heavy atom. The minimum atomic E-state index is 0.0236. The highest BCUT2D eigenvalue weighted by Gasteiger charge is 2.30. The first kappa shape index (κ1) is 15.2. The van der Waals surface area contributed by atoms with Crippen LogP contribution in [0.15, 0.2) is 18.2 Å². The first-order valence-electron chi connectivity index (χ1n) is 6.60. The van der Waals surface area contributed by atoms with Crippen molar-refractivity contribution < 1.29 is 4.74 Å². The molecule has 0 spiro atoms. The molecule has 0 aliphatic carbocycles. The van der Waals surface area contributed by atoms with E-state index >= 15 is 0 Å². The number of ether oxygens (including phenoxy) is 1. The van der Waals surface area contributed by atoms with Gasteiger partial charge in [0.2, 0.25) is 0 Å². The molecule has 0 saturated heterocycles. The molecule has 0 aliphatic rings. The molecule has 0 aliphatic heterocycles. The molecule has 2 N–H and O–H groups in total. The van der Waals surface area contributed by atoms with Gasteiger partial charge >= 0.3 is 0 Å². The van der Waals surface area contributed by atoms with Gasteiger partial charge in [0, 0.05) is 13.2 Å². The van der Waals surface area contributed by atoms with E-state index in [1.54, 1.807) is 7.11 Å². The van der Waals surface area contributed by atoms with E-state index in [4.69, 9.17) is 10.5 Å². The van der Waals surface area contributed by atoms with Gasteiger partial charge in [-0.3, -0.25) is 0 Å². The lowest BCUT2D eigenvalue weighted by molar-refractivity contribution is -0.00168. The molecule has 2 nitrogen and oxygen atoms in total. The summed E-state index contributed by atoms with van der Waals surface area (Å²) < 4.78 is 5.59. The lowest BCUT2D eigenvalue weighted by atomic mass is 9.82. The molecule has 102 valence electrons. The molecule has 0 bridgehead atoms. The van der Waals surface area contributed by atoms with Crippen LogP contribution in [-0.2, 0) is 11.2 Å². The summed E-state index contributed by atoms with van der Waals surface area (Å²) in [6.07, 6.45) is 0.931. The SMILES string of the molecule is COC(C(N)Cc1cc(C)ccc1C)C(C)(C)C. The minimum absolute atomic E-state index is 0.0236. The second-order valence-electron chi connectivity index (χ2n) is 6.32. The van der Waals surface area contributed by atoms with E-state index in [2.05, 4.69) is 52.8 Å². The summed E-state index contributed by atoms with van der Waals surface area (Å²) in [4.78, 5) is 0. The zero-order chi connectivity index (χ0) is 13.9. The van der Waals surface area contributed by atoms with Gasteiger partial charge in [0.1, 0.15) is 0 Å². The van der Waals surface area contributed by atoms with E-state index in [1.165, 1.54) is 16.7 Å². The van der Waals surface area contributed by atoms with Gasteiger partial charge in [-0.1, -0.05) is 44.5 Å². The van der Waals surface area contributed by atoms with Crippen LogP contribution in [0.3, 0.4) is 0 Å². The van der Waals surface area contributed by atoms with Crippen molar-refractivity contribution in [3.63, 3.8) is 0 Å². The zero-order valence-electron chi connectivity index (χ0n) is 12.6. The maximum atomic E-state index is 6.34. The molecule has 0 saturated carbocycles. The van der Waals surface area contributed by atoms with E-state index in [9.17, 15) is 0 Å². The Kier molecular flexibility index (Phi) is 4.94. The molecule has 18 heavy (non-hydrogen) atoms. The standard InChI is InChI=1S/C16H27NO/c1-11-7-8-12(2)13(9-11)10-14(17)15(18-6)16(3,4)5/h7-9,14-15H,10,17H2,1-6H3. The maximum Gasteiger partial charge on any atom is 0.0773 e. The average molecular weight is 249 g/mol. The Labute approximate surface area is 112 Å². The number of methoxy groups -OCH3 is 1. The molecule has 1 aromatic carbocycles.